The molecule has 0 N–H and O–H groups in total. The third-order valence-electron chi connectivity index (χ3n) is 7.50. The molecule has 3 aliphatic rings. The van der Waals surface area contributed by atoms with E-state index in [0.29, 0.717) is 12.6 Å². The summed E-state index contributed by atoms with van der Waals surface area (Å²) in [6.07, 6.45) is 4.65. The first-order valence-electron chi connectivity index (χ1n) is 11.9. The molecule has 3 fully saturated rings. The molecule has 2 aliphatic heterocycles. The number of carbonyl (C=O) groups is 1. The maximum Gasteiger partial charge on any atom is 0.409 e. The van der Waals surface area contributed by atoms with Gasteiger partial charge in [-0.2, -0.15) is 5.10 Å². The fraction of sp³-hybridized carbons (Fsp3) is 0.625. The molecule has 2 aromatic heterocycles. The highest BCUT2D eigenvalue weighted by atomic mass is 19.1. The first-order valence-corrected chi connectivity index (χ1v) is 11.9. The second kappa shape index (κ2) is 8.59. The lowest BCUT2D eigenvalue weighted by Gasteiger charge is -2.48. The number of likely N-dealkylation sites (tertiary alicyclic amines) is 1. The van der Waals surface area contributed by atoms with Crippen LogP contribution < -0.4 is 4.90 Å². The summed E-state index contributed by atoms with van der Waals surface area (Å²) >= 11 is 0. The number of anilines is 1. The van der Waals surface area contributed by atoms with Gasteiger partial charge in [0.1, 0.15) is 11.6 Å². The second-order valence-corrected chi connectivity index (χ2v) is 9.79. The first kappa shape index (κ1) is 22.1. The van der Waals surface area contributed by atoms with Gasteiger partial charge in [0.2, 0.25) is 0 Å². The molecular formula is C24H33FN6O2. The van der Waals surface area contributed by atoms with Crippen LogP contribution in [0.25, 0.3) is 11.3 Å². The molecule has 2 saturated heterocycles. The van der Waals surface area contributed by atoms with Crippen molar-refractivity contribution in [3.63, 3.8) is 0 Å². The number of hydrogen-bond donors (Lipinski definition) is 0. The SMILES string of the molecule is CCOC(=O)N1CC2(CC[C@@H](N3CCN(c4ncc(F)cc4-c4cc(C)nn4C)CC3)C2)C1. The summed E-state index contributed by atoms with van der Waals surface area (Å²) in [7, 11) is 1.88. The predicted molar refractivity (Wildman–Crippen MR) is 124 cm³/mol. The van der Waals surface area contributed by atoms with Crippen LogP contribution in [0.1, 0.15) is 31.9 Å². The number of halogens is 1. The Morgan fingerprint density at radius 1 is 1.24 bits per heavy atom. The maximum atomic E-state index is 14.1. The highest BCUT2D eigenvalue weighted by Gasteiger charge is 2.51. The van der Waals surface area contributed by atoms with Gasteiger partial charge in [0.05, 0.1) is 24.2 Å². The monoisotopic (exact) mass is 456 g/mol. The number of ether oxygens (including phenoxy) is 1. The average Bonchev–Trinajstić information content (AvgIpc) is 3.36. The maximum absolute atomic E-state index is 14.1. The van der Waals surface area contributed by atoms with Gasteiger partial charge >= 0.3 is 6.09 Å². The Bertz CT molecular complexity index is 1030. The van der Waals surface area contributed by atoms with Gasteiger partial charge in [-0.3, -0.25) is 9.58 Å². The Balaban J connectivity index is 1.21. The molecule has 1 aliphatic carbocycles. The van der Waals surface area contributed by atoms with E-state index in [-0.39, 0.29) is 17.3 Å². The van der Waals surface area contributed by atoms with Gasteiger partial charge in [0.15, 0.2) is 0 Å². The fourth-order valence-corrected chi connectivity index (χ4v) is 5.92. The van der Waals surface area contributed by atoms with Crippen LogP contribution in [-0.2, 0) is 11.8 Å². The minimum absolute atomic E-state index is 0.175. The Morgan fingerprint density at radius 3 is 2.67 bits per heavy atom. The van der Waals surface area contributed by atoms with Crippen molar-refractivity contribution in [2.75, 3.05) is 50.8 Å². The number of piperazine rings is 1. The van der Waals surface area contributed by atoms with Crippen molar-refractivity contribution in [3.05, 3.63) is 29.8 Å². The van der Waals surface area contributed by atoms with Gasteiger partial charge in [0.25, 0.3) is 0 Å². The number of nitrogens with zero attached hydrogens (tertiary/aromatic N) is 6. The van der Waals surface area contributed by atoms with Gasteiger partial charge in [-0.15, -0.1) is 0 Å². The number of aryl methyl sites for hydroxylation is 2. The summed E-state index contributed by atoms with van der Waals surface area (Å²) < 4.78 is 21.0. The fourth-order valence-electron chi connectivity index (χ4n) is 5.92. The third-order valence-corrected chi connectivity index (χ3v) is 7.50. The summed E-state index contributed by atoms with van der Waals surface area (Å²) in [6, 6.07) is 4.11. The molecule has 8 nitrogen and oxygen atoms in total. The van der Waals surface area contributed by atoms with Crippen LogP contribution in [0.5, 0.6) is 0 Å². The summed E-state index contributed by atoms with van der Waals surface area (Å²) in [6.45, 7) is 9.53. The van der Waals surface area contributed by atoms with Crippen molar-refractivity contribution in [2.45, 2.75) is 39.2 Å². The van der Waals surface area contributed by atoms with Crippen LogP contribution in [0.2, 0.25) is 0 Å². The lowest BCUT2D eigenvalue weighted by atomic mass is 9.78. The van der Waals surface area contributed by atoms with Gasteiger partial charge in [-0.05, 0) is 45.2 Å². The topological polar surface area (TPSA) is 66.7 Å². The van der Waals surface area contributed by atoms with E-state index in [2.05, 4.69) is 19.9 Å². The van der Waals surface area contributed by atoms with Crippen molar-refractivity contribution in [1.82, 2.24) is 24.6 Å². The smallest absolute Gasteiger partial charge is 0.409 e. The molecule has 178 valence electrons. The number of amides is 1. The summed E-state index contributed by atoms with van der Waals surface area (Å²) in [5, 5.41) is 4.43. The van der Waals surface area contributed by atoms with Crippen LogP contribution in [0, 0.1) is 18.2 Å². The molecule has 1 spiro atoms. The molecule has 0 radical (unpaired) electrons. The average molecular weight is 457 g/mol. The minimum Gasteiger partial charge on any atom is -0.450 e. The van der Waals surface area contributed by atoms with Crippen LogP contribution in [0.4, 0.5) is 15.0 Å². The molecule has 0 aromatic carbocycles. The van der Waals surface area contributed by atoms with Crippen molar-refractivity contribution >= 4 is 11.9 Å². The van der Waals surface area contributed by atoms with Crippen LogP contribution >= 0.6 is 0 Å². The molecule has 1 atom stereocenters. The van der Waals surface area contributed by atoms with Crippen LogP contribution in [-0.4, -0.2) is 82.6 Å². The van der Waals surface area contributed by atoms with Crippen molar-refractivity contribution in [1.29, 1.82) is 0 Å². The zero-order valence-electron chi connectivity index (χ0n) is 19.8. The molecule has 0 unspecified atom stereocenters. The highest BCUT2D eigenvalue weighted by molar-refractivity contribution is 5.74. The minimum atomic E-state index is -0.333. The van der Waals surface area contributed by atoms with Crippen LogP contribution in [0.15, 0.2) is 18.3 Å². The van der Waals surface area contributed by atoms with E-state index in [0.717, 1.165) is 68.5 Å². The summed E-state index contributed by atoms with van der Waals surface area (Å²) in [5.41, 5.74) is 2.85. The Labute approximate surface area is 194 Å². The number of rotatable bonds is 4. The molecule has 1 amide bonds. The zero-order valence-corrected chi connectivity index (χ0v) is 19.8. The number of carbonyl (C=O) groups excluding carboxylic acids is 1. The van der Waals surface area contributed by atoms with Crippen molar-refractivity contribution in [2.24, 2.45) is 12.5 Å². The van der Waals surface area contributed by atoms with Gasteiger partial charge < -0.3 is 14.5 Å². The van der Waals surface area contributed by atoms with Crippen LogP contribution in [0.3, 0.4) is 0 Å². The van der Waals surface area contributed by atoms with E-state index >= 15 is 0 Å². The predicted octanol–water partition coefficient (Wildman–Crippen LogP) is 3.06. The largest absolute Gasteiger partial charge is 0.450 e. The Morgan fingerprint density at radius 2 is 2.00 bits per heavy atom. The van der Waals surface area contributed by atoms with E-state index in [1.54, 1.807) is 10.7 Å². The van der Waals surface area contributed by atoms with Crippen molar-refractivity contribution in [3.8, 4) is 11.3 Å². The summed E-state index contributed by atoms with van der Waals surface area (Å²) in [4.78, 5) is 23.1. The number of aromatic nitrogens is 3. The van der Waals surface area contributed by atoms with E-state index < -0.39 is 0 Å². The van der Waals surface area contributed by atoms with Gasteiger partial charge in [0, 0.05) is 63.3 Å². The molecule has 9 heteroatoms. The molecule has 1 saturated carbocycles. The standard InChI is InChI=1S/C24H33FN6O2/c1-4-33-23(32)31-15-24(16-31)6-5-19(13-24)29-7-9-30(10-8-29)22-20(12-18(25)14-26-22)21-11-17(2)27-28(21)3/h11-12,14,19H,4-10,13,15-16H2,1-3H3/t19-/m1/s1. The Hall–Kier alpha value is -2.68. The number of hydrogen-bond acceptors (Lipinski definition) is 6. The van der Waals surface area contributed by atoms with Gasteiger partial charge in [-0.1, -0.05) is 0 Å². The van der Waals surface area contributed by atoms with E-state index in [1.165, 1.54) is 19.0 Å². The normalized spacial score (nSPS) is 22.6. The number of pyridine rings is 1. The molecule has 5 rings (SSSR count). The summed E-state index contributed by atoms with van der Waals surface area (Å²) in [5.74, 6) is 0.492. The first-order chi connectivity index (χ1) is 15.9. The molecule has 0 bridgehead atoms. The third kappa shape index (κ3) is 4.18. The second-order valence-electron chi connectivity index (χ2n) is 9.79. The molecule has 4 heterocycles. The van der Waals surface area contributed by atoms with E-state index in [9.17, 15) is 9.18 Å². The lowest BCUT2D eigenvalue weighted by Crippen LogP contribution is -2.58. The van der Waals surface area contributed by atoms with Gasteiger partial charge in [-0.25, -0.2) is 14.2 Å². The quantitative estimate of drug-likeness (QED) is 0.705. The molecular weight excluding hydrogens is 423 g/mol. The Kier molecular flexibility index (Phi) is 5.76. The molecule has 33 heavy (non-hydrogen) atoms. The van der Waals surface area contributed by atoms with E-state index in [4.69, 9.17) is 4.74 Å². The van der Waals surface area contributed by atoms with E-state index in [1.807, 2.05) is 31.9 Å². The molecule has 2 aromatic rings. The van der Waals surface area contributed by atoms with Crippen molar-refractivity contribution < 1.29 is 13.9 Å². The zero-order chi connectivity index (χ0) is 23.2. The lowest BCUT2D eigenvalue weighted by molar-refractivity contribution is -0.00294. The highest BCUT2D eigenvalue weighted by Crippen LogP contribution is 2.47.